The van der Waals surface area contributed by atoms with Crippen LogP contribution in [0.1, 0.15) is 20.3 Å². The number of halogens is 3. The molecule has 0 aromatic heterocycles. The van der Waals surface area contributed by atoms with Crippen molar-refractivity contribution in [3.63, 3.8) is 0 Å². The molecule has 0 amide bonds. The molecule has 1 aliphatic carbocycles. The van der Waals surface area contributed by atoms with Crippen LogP contribution in [0.2, 0.25) is 0 Å². The molecule has 0 nitrogen and oxygen atoms in total. The molecule has 1 fully saturated rings. The molecule has 0 bridgehead atoms. The van der Waals surface area contributed by atoms with Crippen molar-refractivity contribution in [3.8, 4) is 0 Å². The molecule has 0 aliphatic heterocycles. The van der Waals surface area contributed by atoms with Gasteiger partial charge in [-0.25, -0.2) is 4.39 Å². The van der Waals surface area contributed by atoms with Gasteiger partial charge < -0.3 is 0 Å². The van der Waals surface area contributed by atoms with Gasteiger partial charge in [0, 0.05) is 15.8 Å². The molecule has 0 aromatic carbocycles. The van der Waals surface area contributed by atoms with Gasteiger partial charge in [0.15, 0.2) is 5.13 Å². The van der Waals surface area contributed by atoms with E-state index in [1.54, 1.807) is 0 Å². The van der Waals surface area contributed by atoms with Crippen LogP contribution in [0.5, 0.6) is 0 Å². The summed E-state index contributed by atoms with van der Waals surface area (Å²) < 4.78 is 14.1. The van der Waals surface area contributed by atoms with E-state index in [4.69, 9.17) is 11.6 Å². The Balaban J connectivity index is 2.68. The molecule has 3 atom stereocenters. The average Bonchev–Trinajstić information content (AvgIpc) is 2.29. The van der Waals surface area contributed by atoms with Crippen molar-refractivity contribution in [1.82, 2.24) is 0 Å². The zero-order chi connectivity index (χ0) is 7.99. The van der Waals surface area contributed by atoms with Crippen LogP contribution in [-0.2, 0) is 0 Å². The summed E-state index contributed by atoms with van der Waals surface area (Å²) in [5, 5.41) is -1.41. The van der Waals surface area contributed by atoms with E-state index < -0.39 is 5.13 Å². The summed E-state index contributed by atoms with van der Waals surface area (Å²) in [5.41, 5.74) is -0.254. The molecule has 0 aromatic rings. The van der Waals surface area contributed by atoms with Crippen molar-refractivity contribution >= 4 is 34.2 Å². The topological polar surface area (TPSA) is 0 Å². The highest BCUT2D eigenvalue weighted by atomic mass is 127. The molecule has 3 heteroatoms. The van der Waals surface area contributed by atoms with Gasteiger partial charge in [0.1, 0.15) is 0 Å². The van der Waals surface area contributed by atoms with E-state index in [0.29, 0.717) is 0 Å². The Morgan fingerprint density at radius 1 is 1.70 bits per heavy atom. The fourth-order valence-electron chi connectivity index (χ4n) is 1.42. The van der Waals surface area contributed by atoms with Crippen LogP contribution in [0.4, 0.5) is 4.39 Å². The first-order valence-corrected chi connectivity index (χ1v) is 5.35. The Bertz CT molecular complexity index is 149. The maximum Gasteiger partial charge on any atom is 0.193 e. The summed E-state index contributed by atoms with van der Waals surface area (Å²) >= 11 is 7.83. The first-order chi connectivity index (χ1) is 4.50. The molecule has 60 valence electrons. The van der Waals surface area contributed by atoms with Gasteiger partial charge in [-0.05, 0) is 6.42 Å². The van der Waals surface area contributed by atoms with Crippen LogP contribution >= 0.6 is 34.2 Å². The van der Waals surface area contributed by atoms with Crippen LogP contribution in [0, 0.1) is 11.3 Å². The monoisotopic (exact) mass is 276 g/mol. The summed E-state index contributed by atoms with van der Waals surface area (Å²) in [7, 11) is 0. The first-order valence-electron chi connectivity index (χ1n) is 3.44. The van der Waals surface area contributed by atoms with Gasteiger partial charge in [-0.3, -0.25) is 0 Å². The van der Waals surface area contributed by atoms with Gasteiger partial charge in [-0.15, -0.1) is 0 Å². The van der Waals surface area contributed by atoms with Crippen molar-refractivity contribution in [2.45, 2.75) is 25.4 Å². The highest BCUT2D eigenvalue weighted by Crippen LogP contribution is 2.69. The van der Waals surface area contributed by atoms with Crippen molar-refractivity contribution < 1.29 is 4.39 Å². The SMILES string of the molecule is CC[C@]1(C)C(CI)C1(F)Cl. The number of hydrogen-bond acceptors (Lipinski definition) is 0. The van der Waals surface area contributed by atoms with E-state index in [1.165, 1.54) is 0 Å². The lowest BCUT2D eigenvalue weighted by atomic mass is 10.0. The van der Waals surface area contributed by atoms with E-state index in [2.05, 4.69) is 22.6 Å². The maximum absolute atomic E-state index is 13.3. The Morgan fingerprint density at radius 2 is 2.20 bits per heavy atom. The second-order valence-corrected chi connectivity index (χ2v) is 4.53. The van der Waals surface area contributed by atoms with E-state index in [-0.39, 0.29) is 11.3 Å². The number of hydrogen-bond donors (Lipinski definition) is 0. The lowest BCUT2D eigenvalue weighted by molar-refractivity contribution is 0.327. The first kappa shape index (κ1) is 9.04. The van der Waals surface area contributed by atoms with Crippen molar-refractivity contribution in [2.75, 3.05) is 4.43 Å². The maximum atomic E-state index is 13.3. The lowest BCUT2D eigenvalue weighted by Crippen LogP contribution is -2.02. The quantitative estimate of drug-likeness (QED) is 0.536. The second-order valence-electron chi connectivity index (χ2n) is 3.10. The normalized spacial score (nSPS) is 53.1. The van der Waals surface area contributed by atoms with Gasteiger partial charge in [0.2, 0.25) is 0 Å². The fourth-order valence-corrected chi connectivity index (χ4v) is 3.79. The molecule has 10 heavy (non-hydrogen) atoms. The predicted octanol–water partition coefficient (Wildman–Crippen LogP) is 3.37. The molecule has 1 aliphatic rings. The van der Waals surface area contributed by atoms with Gasteiger partial charge in [-0.2, -0.15) is 0 Å². The summed E-state index contributed by atoms with van der Waals surface area (Å²) in [4.78, 5) is 0. The Hall–Kier alpha value is 0.950. The molecule has 0 N–H and O–H groups in total. The van der Waals surface area contributed by atoms with Gasteiger partial charge in [-0.1, -0.05) is 48.0 Å². The molecule has 0 radical (unpaired) electrons. The van der Waals surface area contributed by atoms with Crippen LogP contribution in [0.25, 0.3) is 0 Å². The Labute approximate surface area is 79.7 Å². The van der Waals surface area contributed by atoms with Crippen LogP contribution < -0.4 is 0 Å². The summed E-state index contributed by atoms with van der Waals surface area (Å²) in [6.45, 7) is 3.91. The Morgan fingerprint density at radius 3 is 2.30 bits per heavy atom. The third kappa shape index (κ3) is 0.909. The predicted molar refractivity (Wildman–Crippen MR) is 50.5 cm³/mol. The highest BCUT2D eigenvalue weighted by molar-refractivity contribution is 14.1. The average molecular weight is 277 g/mol. The fraction of sp³-hybridized carbons (Fsp3) is 1.00. The van der Waals surface area contributed by atoms with E-state index >= 15 is 0 Å². The van der Waals surface area contributed by atoms with Crippen LogP contribution in [-0.4, -0.2) is 9.56 Å². The van der Waals surface area contributed by atoms with Gasteiger partial charge >= 0.3 is 0 Å². The number of rotatable bonds is 2. The summed E-state index contributed by atoms with van der Waals surface area (Å²) in [6.07, 6.45) is 0.834. The minimum absolute atomic E-state index is 0.0623. The van der Waals surface area contributed by atoms with Crippen molar-refractivity contribution in [3.05, 3.63) is 0 Å². The van der Waals surface area contributed by atoms with Crippen molar-refractivity contribution in [2.24, 2.45) is 11.3 Å². The molecule has 0 spiro atoms. The molecule has 0 heterocycles. The number of alkyl halides is 3. The third-order valence-corrected chi connectivity index (χ3v) is 4.35. The van der Waals surface area contributed by atoms with Gasteiger partial charge in [0.25, 0.3) is 0 Å². The van der Waals surface area contributed by atoms with E-state index in [9.17, 15) is 4.39 Å². The second kappa shape index (κ2) is 2.47. The zero-order valence-electron chi connectivity index (χ0n) is 6.13. The van der Waals surface area contributed by atoms with Crippen molar-refractivity contribution in [1.29, 1.82) is 0 Å². The summed E-state index contributed by atoms with van der Waals surface area (Å²) in [6, 6.07) is 0. The van der Waals surface area contributed by atoms with E-state index in [1.807, 2.05) is 13.8 Å². The van der Waals surface area contributed by atoms with E-state index in [0.717, 1.165) is 10.8 Å². The molecule has 1 rings (SSSR count). The minimum atomic E-state index is -1.41. The van der Waals surface area contributed by atoms with Crippen LogP contribution in [0.3, 0.4) is 0 Å². The van der Waals surface area contributed by atoms with Crippen LogP contribution in [0.15, 0.2) is 0 Å². The molecule has 2 unspecified atom stereocenters. The zero-order valence-corrected chi connectivity index (χ0v) is 9.04. The minimum Gasteiger partial charge on any atom is -0.225 e. The standard InChI is InChI=1S/C7H11ClFI/c1-3-6(2)5(4-10)7(6,8)9/h5H,3-4H2,1-2H3/t5?,6-,7?/m1/s1. The third-order valence-electron chi connectivity index (χ3n) is 2.77. The highest BCUT2D eigenvalue weighted by Gasteiger charge is 2.73. The molecular formula is C7H11ClFI. The molecule has 0 saturated heterocycles. The molecule has 1 saturated carbocycles. The lowest BCUT2D eigenvalue weighted by Gasteiger charge is -2.04. The Kier molecular flexibility index (Phi) is 2.24. The molecular weight excluding hydrogens is 265 g/mol. The smallest absolute Gasteiger partial charge is 0.193 e. The largest absolute Gasteiger partial charge is 0.225 e. The van der Waals surface area contributed by atoms with Gasteiger partial charge in [0.05, 0.1) is 0 Å². The summed E-state index contributed by atoms with van der Waals surface area (Å²) in [5.74, 6) is 0.0623.